The molecule has 2 aliphatic rings. The Balaban J connectivity index is 1.13. The Morgan fingerprint density at radius 3 is 2.93 bits per heavy atom. The molecule has 4 rings (SSSR count). The monoisotopic (exact) mass is 382 g/mol. The summed E-state index contributed by atoms with van der Waals surface area (Å²) in [6.07, 6.45) is 13.3. The van der Waals surface area contributed by atoms with Gasteiger partial charge in [-0.05, 0) is 87.3 Å². The minimum atomic E-state index is 0.772. The third-order valence-electron chi connectivity index (χ3n) is 6.10. The summed E-state index contributed by atoms with van der Waals surface area (Å²) in [5, 5.41) is 3.46. The maximum Gasteiger partial charge on any atom is 0.119 e. The topological polar surface area (TPSA) is 42.3 Å². The maximum absolute atomic E-state index is 6.00. The van der Waals surface area contributed by atoms with Crippen molar-refractivity contribution in [1.82, 2.24) is 19.8 Å². The van der Waals surface area contributed by atoms with Gasteiger partial charge in [0, 0.05) is 32.0 Å². The molecule has 1 N–H and O–H groups in total. The lowest BCUT2D eigenvalue weighted by Gasteiger charge is -2.28. The van der Waals surface area contributed by atoms with Crippen molar-refractivity contribution >= 4 is 0 Å². The molecular weight excluding hydrogens is 348 g/mol. The van der Waals surface area contributed by atoms with Crippen molar-refractivity contribution in [2.24, 2.45) is 5.92 Å². The van der Waals surface area contributed by atoms with Crippen LogP contribution in [0.25, 0.3) is 0 Å². The van der Waals surface area contributed by atoms with Gasteiger partial charge >= 0.3 is 0 Å². The molecule has 0 radical (unpaired) electrons. The highest BCUT2D eigenvalue weighted by Crippen LogP contribution is 2.29. The van der Waals surface area contributed by atoms with Crippen LogP contribution >= 0.6 is 0 Å². The Morgan fingerprint density at radius 2 is 2.07 bits per heavy atom. The Labute approximate surface area is 169 Å². The van der Waals surface area contributed by atoms with Gasteiger partial charge in [-0.1, -0.05) is 6.07 Å². The Morgan fingerprint density at radius 1 is 1.14 bits per heavy atom. The molecule has 5 nitrogen and oxygen atoms in total. The second kappa shape index (κ2) is 10.1. The van der Waals surface area contributed by atoms with Crippen LogP contribution in [0.1, 0.15) is 36.8 Å². The van der Waals surface area contributed by atoms with E-state index >= 15 is 0 Å². The Hall–Kier alpha value is -1.85. The van der Waals surface area contributed by atoms with Crippen LogP contribution in [0.4, 0.5) is 0 Å². The van der Waals surface area contributed by atoms with E-state index in [2.05, 4.69) is 38.0 Å². The van der Waals surface area contributed by atoms with E-state index in [0.29, 0.717) is 0 Å². The van der Waals surface area contributed by atoms with Gasteiger partial charge in [0.15, 0.2) is 0 Å². The van der Waals surface area contributed by atoms with E-state index in [4.69, 9.17) is 4.74 Å². The van der Waals surface area contributed by atoms with Crippen LogP contribution in [0.3, 0.4) is 0 Å². The quantitative estimate of drug-likeness (QED) is 0.641. The average Bonchev–Trinajstić information content (AvgIpc) is 3.41. The summed E-state index contributed by atoms with van der Waals surface area (Å²) < 4.78 is 8.09. The predicted molar refractivity (Wildman–Crippen MR) is 113 cm³/mol. The first-order chi connectivity index (χ1) is 13.9. The normalized spacial score (nSPS) is 19.6. The highest BCUT2D eigenvalue weighted by atomic mass is 16.5. The van der Waals surface area contributed by atoms with E-state index in [1.165, 1.54) is 57.3 Å². The summed E-state index contributed by atoms with van der Waals surface area (Å²) in [6.45, 7) is 7.61. The number of nitrogens with one attached hydrogen (secondary N) is 1. The molecule has 1 aromatic heterocycles. The van der Waals surface area contributed by atoms with Crippen LogP contribution in [0.15, 0.2) is 36.9 Å². The van der Waals surface area contributed by atoms with Crippen molar-refractivity contribution in [3.05, 3.63) is 48.0 Å². The first kappa shape index (κ1) is 19.5. The molecule has 1 fully saturated rings. The second-order valence-electron chi connectivity index (χ2n) is 8.30. The summed E-state index contributed by atoms with van der Waals surface area (Å²) in [4.78, 5) is 6.72. The molecule has 2 heterocycles. The molecule has 0 amide bonds. The van der Waals surface area contributed by atoms with Gasteiger partial charge in [-0.3, -0.25) is 0 Å². The van der Waals surface area contributed by atoms with Crippen molar-refractivity contribution in [1.29, 1.82) is 0 Å². The molecule has 28 heavy (non-hydrogen) atoms. The Bertz CT molecular complexity index is 709. The number of hydrogen-bond donors (Lipinski definition) is 1. The number of ether oxygens (including phenoxy) is 1. The van der Waals surface area contributed by atoms with Gasteiger partial charge in [0.1, 0.15) is 5.75 Å². The van der Waals surface area contributed by atoms with Crippen molar-refractivity contribution < 1.29 is 4.74 Å². The smallest absolute Gasteiger partial charge is 0.119 e. The number of fused-ring (bicyclic) bond motifs is 1. The molecule has 1 unspecified atom stereocenters. The predicted octanol–water partition coefficient (Wildman–Crippen LogP) is 3.14. The largest absolute Gasteiger partial charge is 0.494 e. The molecule has 0 saturated carbocycles. The molecule has 1 saturated heterocycles. The fourth-order valence-corrected chi connectivity index (χ4v) is 4.52. The highest BCUT2D eigenvalue weighted by Gasteiger charge is 2.22. The van der Waals surface area contributed by atoms with E-state index in [1.807, 2.05) is 18.7 Å². The molecule has 0 spiro atoms. The molecule has 0 bridgehead atoms. The molecule has 5 heteroatoms. The van der Waals surface area contributed by atoms with Crippen LogP contribution in [0, 0.1) is 5.92 Å². The molecular formula is C23H34N4O. The molecule has 1 aliphatic carbocycles. The summed E-state index contributed by atoms with van der Waals surface area (Å²) in [7, 11) is 0. The summed E-state index contributed by atoms with van der Waals surface area (Å²) in [5.41, 5.74) is 3.05. The van der Waals surface area contributed by atoms with E-state index in [9.17, 15) is 0 Å². The fourth-order valence-electron chi connectivity index (χ4n) is 4.52. The van der Waals surface area contributed by atoms with E-state index in [-0.39, 0.29) is 0 Å². The van der Waals surface area contributed by atoms with Crippen LogP contribution in [-0.2, 0) is 19.4 Å². The zero-order chi connectivity index (χ0) is 19.0. The fraction of sp³-hybridized carbons (Fsp3) is 0.609. The lowest BCUT2D eigenvalue weighted by molar-refractivity contribution is 0.261. The van der Waals surface area contributed by atoms with Crippen molar-refractivity contribution in [2.45, 2.75) is 45.1 Å². The minimum absolute atomic E-state index is 0.772. The van der Waals surface area contributed by atoms with Gasteiger partial charge in [0.25, 0.3) is 0 Å². The first-order valence-corrected chi connectivity index (χ1v) is 11.0. The van der Waals surface area contributed by atoms with Gasteiger partial charge in [0.2, 0.25) is 0 Å². The zero-order valence-corrected chi connectivity index (χ0v) is 17.0. The second-order valence-corrected chi connectivity index (χ2v) is 8.30. The summed E-state index contributed by atoms with van der Waals surface area (Å²) >= 11 is 0. The first-order valence-electron chi connectivity index (χ1n) is 11.0. The number of aryl methyl sites for hydroxylation is 1. The lowest BCUT2D eigenvalue weighted by atomic mass is 9.83. The molecule has 1 aromatic carbocycles. The number of imidazole rings is 1. The SMILES string of the molecule is c1cn(CCNCCCOc2ccc3c(c2)CCC(CN2CCCC2)C3)cn1. The van der Waals surface area contributed by atoms with Crippen LogP contribution in [0.2, 0.25) is 0 Å². The number of benzene rings is 1. The van der Waals surface area contributed by atoms with Crippen molar-refractivity contribution in [3.8, 4) is 5.75 Å². The molecule has 1 atom stereocenters. The number of nitrogens with zero attached hydrogens (tertiary/aromatic N) is 3. The molecule has 1 aliphatic heterocycles. The standard InChI is InChI=1S/C23H34N4O/c1-2-12-26(11-1)18-20-4-5-22-17-23(7-6-21(22)16-20)28-15-3-8-24-9-13-27-14-10-25-19-27/h6-7,10,14,17,19-20,24H,1-5,8-9,11-13,15-16,18H2. The third kappa shape index (κ3) is 5.58. The minimum Gasteiger partial charge on any atom is -0.494 e. The summed E-state index contributed by atoms with van der Waals surface area (Å²) in [6, 6.07) is 6.77. The van der Waals surface area contributed by atoms with Gasteiger partial charge in [-0.2, -0.15) is 0 Å². The number of rotatable bonds is 10. The lowest BCUT2D eigenvalue weighted by Crippen LogP contribution is -2.30. The van der Waals surface area contributed by atoms with Crippen molar-refractivity contribution in [2.75, 3.05) is 39.3 Å². The number of likely N-dealkylation sites (tertiary alicyclic amines) is 1. The van der Waals surface area contributed by atoms with Gasteiger partial charge in [-0.25, -0.2) is 4.98 Å². The maximum atomic E-state index is 6.00. The number of aromatic nitrogens is 2. The molecule has 2 aromatic rings. The number of hydrogen-bond acceptors (Lipinski definition) is 4. The van der Waals surface area contributed by atoms with Crippen LogP contribution in [0.5, 0.6) is 5.75 Å². The van der Waals surface area contributed by atoms with Gasteiger partial charge in [0.05, 0.1) is 12.9 Å². The zero-order valence-electron chi connectivity index (χ0n) is 17.0. The van der Waals surface area contributed by atoms with Crippen molar-refractivity contribution in [3.63, 3.8) is 0 Å². The highest BCUT2D eigenvalue weighted by molar-refractivity contribution is 5.37. The van der Waals surface area contributed by atoms with Crippen LogP contribution in [-0.4, -0.2) is 53.8 Å². The van der Waals surface area contributed by atoms with Gasteiger partial charge in [-0.15, -0.1) is 0 Å². The van der Waals surface area contributed by atoms with E-state index in [1.54, 1.807) is 5.56 Å². The van der Waals surface area contributed by atoms with Crippen LogP contribution < -0.4 is 10.1 Å². The van der Waals surface area contributed by atoms with E-state index < -0.39 is 0 Å². The Kier molecular flexibility index (Phi) is 7.01. The van der Waals surface area contributed by atoms with Gasteiger partial charge < -0.3 is 19.5 Å². The molecule has 152 valence electrons. The summed E-state index contributed by atoms with van der Waals surface area (Å²) in [5.74, 6) is 1.88. The van der Waals surface area contributed by atoms with E-state index in [0.717, 1.165) is 44.3 Å². The third-order valence-corrected chi connectivity index (χ3v) is 6.10. The average molecular weight is 383 g/mol.